The third-order valence-electron chi connectivity index (χ3n) is 0.441. The van der Waals surface area contributed by atoms with E-state index < -0.39 is 0 Å². The molecule has 1 aliphatic rings. The van der Waals surface area contributed by atoms with Crippen LogP contribution >= 0.6 is 0 Å². The molecule has 0 unspecified atom stereocenters. The molecule has 3 nitrogen and oxygen atoms in total. The lowest BCUT2D eigenvalue weighted by molar-refractivity contribution is 0.824. The Labute approximate surface area is 35.7 Å². The Kier molecular flexibility index (Phi) is 2.24. The predicted octanol–water partition coefficient (Wildman–Crippen LogP) is 0.141. The van der Waals surface area contributed by atoms with Crippen LogP contribution in [-0.2, 0) is 0 Å². The molecule has 1 heterocycles. The molecule has 0 aromatic rings. The smallest absolute Gasteiger partial charge is 0.0802 e. The molecule has 0 bridgehead atoms. The fourth-order valence-electron chi connectivity index (χ4n) is 0.236. The van der Waals surface area contributed by atoms with Crippen molar-refractivity contribution in [3.63, 3.8) is 0 Å². The molecule has 6 heavy (non-hydrogen) atoms. The highest BCUT2D eigenvalue weighted by Crippen LogP contribution is 1.86. The second-order valence-corrected chi connectivity index (χ2v) is 0.824. The number of rotatable bonds is 0. The molecule has 0 spiro atoms. The highest BCUT2D eigenvalue weighted by molar-refractivity contribution is 4.84. The van der Waals surface area contributed by atoms with E-state index in [1.165, 1.54) is 0 Å². The second kappa shape index (κ2) is 2.53. The molecule has 0 aromatic carbocycles. The van der Waals surface area contributed by atoms with Gasteiger partial charge in [0, 0.05) is 6.20 Å². The zero-order chi connectivity index (χ0) is 3.54. The third kappa shape index (κ3) is 0.944. The van der Waals surface area contributed by atoms with Crippen LogP contribution < -0.4 is 0 Å². The normalized spacial score (nSPS) is 14.7. The van der Waals surface area contributed by atoms with Gasteiger partial charge in [-0.2, -0.15) is 10.2 Å². The van der Waals surface area contributed by atoms with Gasteiger partial charge in [0.05, 0.1) is 6.54 Å². The van der Waals surface area contributed by atoms with E-state index in [4.69, 9.17) is 0 Å². The molecule has 34 valence electrons. The van der Waals surface area contributed by atoms with E-state index in [2.05, 4.69) is 10.2 Å². The van der Waals surface area contributed by atoms with Crippen LogP contribution in [0.2, 0.25) is 0 Å². The van der Waals surface area contributed by atoms with Gasteiger partial charge >= 0.3 is 0 Å². The van der Waals surface area contributed by atoms with E-state index >= 15 is 0 Å². The van der Waals surface area contributed by atoms with Crippen molar-refractivity contribution in [3.8, 4) is 0 Å². The van der Waals surface area contributed by atoms with Gasteiger partial charge in [-0.1, -0.05) is 0 Å². The van der Waals surface area contributed by atoms with E-state index in [-0.39, 0.29) is 5.48 Å². The van der Waals surface area contributed by atoms with E-state index in [1.54, 1.807) is 6.20 Å². The minimum Gasteiger partial charge on any atom is -0.412 e. The molecule has 0 saturated carbocycles. The predicted molar refractivity (Wildman–Crippen MR) is 22.5 cm³/mol. The average Bonchev–Trinajstić information content (AvgIpc) is 1.76. The van der Waals surface area contributed by atoms with E-state index in [1.807, 2.05) is 6.08 Å². The number of hydrogen-bond acceptors (Lipinski definition) is 2. The van der Waals surface area contributed by atoms with Gasteiger partial charge in [0.1, 0.15) is 0 Å². The van der Waals surface area contributed by atoms with Gasteiger partial charge in [-0.15, -0.1) is 0 Å². The number of nitrogens with zero attached hydrogens (tertiary/aromatic N) is 2. The zero-order valence-electron chi connectivity index (χ0n) is 3.26. The van der Waals surface area contributed by atoms with Gasteiger partial charge in [-0.3, -0.25) is 0 Å². The summed E-state index contributed by atoms with van der Waals surface area (Å²) < 4.78 is 0. The molecular weight excluding hydrogens is 80.0 g/mol. The second-order valence-electron chi connectivity index (χ2n) is 0.824. The van der Waals surface area contributed by atoms with Crippen LogP contribution in [0.25, 0.3) is 0 Å². The fraction of sp³-hybridized carbons (Fsp3) is 0.333. The fourth-order valence-corrected chi connectivity index (χ4v) is 0.236. The van der Waals surface area contributed by atoms with E-state index in [9.17, 15) is 0 Å². The molecule has 1 rings (SSSR count). The highest BCUT2D eigenvalue weighted by Gasteiger charge is 1.74. The lowest BCUT2D eigenvalue weighted by Crippen LogP contribution is -1.53. The van der Waals surface area contributed by atoms with Crippen molar-refractivity contribution in [2.75, 3.05) is 6.54 Å². The van der Waals surface area contributed by atoms with Gasteiger partial charge in [-0.25, -0.2) is 0 Å². The van der Waals surface area contributed by atoms with Gasteiger partial charge in [-0.05, 0) is 6.08 Å². The topological polar surface area (TPSA) is 56.2 Å². The van der Waals surface area contributed by atoms with Crippen LogP contribution in [0, 0.1) is 0 Å². The van der Waals surface area contributed by atoms with Gasteiger partial charge in [0.15, 0.2) is 0 Å². The molecule has 0 aromatic heterocycles. The van der Waals surface area contributed by atoms with Crippen molar-refractivity contribution in [2.45, 2.75) is 0 Å². The molecule has 0 fully saturated rings. The van der Waals surface area contributed by atoms with Gasteiger partial charge < -0.3 is 5.48 Å². The molecule has 3 heteroatoms. The summed E-state index contributed by atoms with van der Waals surface area (Å²) >= 11 is 0. The lowest BCUT2D eigenvalue weighted by atomic mass is 10.7. The Morgan fingerprint density at radius 2 is 2.33 bits per heavy atom. The van der Waals surface area contributed by atoms with Crippen molar-refractivity contribution in [2.24, 2.45) is 10.2 Å². The SMILES string of the molecule is C1=CN=NC1.O. The monoisotopic (exact) mass is 86.0 g/mol. The molecule has 0 atom stereocenters. The minimum atomic E-state index is 0. The van der Waals surface area contributed by atoms with Crippen LogP contribution in [0.15, 0.2) is 22.5 Å². The average molecular weight is 86.1 g/mol. The minimum absolute atomic E-state index is 0. The van der Waals surface area contributed by atoms with Gasteiger partial charge in [0.25, 0.3) is 0 Å². The first-order chi connectivity index (χ1) is 2.50. The summed E-state index contributed by atoms with van der Waals surface area (Å²) in [6, 6.07) is 0. The summed E-state index contributed by atoms with van der Waals surface area (Å²) in [6.07, 6.45) is 3.60. The maximum absolute atomic E-state index is 3.60. The van der Waals surface area contributed by atoms with Crippen molar-refractivity contribution in [1.29, 1.82) is 0 Å². The van der Waals surface area contributed by atoms with Crippen LogP contribution in [0.1, 0.15) is 0 Å². The first kappa shape index (κ1) is 5.30. The lowest BCUT2D eigenvalue weighted by Gasteiger charge is -1.56. The Bertz CT molecular complexity index is 66.9. The first-order valence-electron chi connectivity index (χ1n) is 1.52. The largest absolute Gasteiger partial charge is 0.412 e. The standard InChI is InChI=1S/C3H4N2.H2O/c1-2-4-5-3-1;/h1-2H,3H2;1H2. The molecular formula is C3H6N2O. The third-order valence-corrected chi connectivity index (χ3v) is 0.441. The summed E-state index contributed by atoms with van der Waals surface area (Å²) in [7, 11) is 0. The molecule has 2 N–H and O–H groups in total. The van der Waals surface area contributed by atoms with Crippen LogP contribution in [0.3, 0.4) is 0 Å². The summed E-state index contributed by atoms with van der Waals surface area (Å²) in [5.41, 5.74) is 0. The Morgan fingerprint density at radius 3 is 2.50 bits per heavy atom. The summed E-state index contributed by atoms with van der Waals surface area (Å²) in [6.45, 7) is 0.778. The highest BCUT2D eigenvalue weighted by atomic mass is 16.0. The summed E-state index contributed by atoms with van der Waals surface area (Å²) in [5.74, 6) is 0. The van der Waals surface area contributed by atoms with Crippen molar-refractivity contribution in [3.05, 3.63) is 12.3 Å². The van der Waals surface area contributed by atoms with Crippen LogP contribution in [0.4, 0.5) is 0 Å². The number of hydrogen-bond donors (Lipinski definition) is 0. The Balaban J connectivity index is 0.000000250. The molecule has 0 amide bonds. The van der Waals surface area contributed by atoms with E-state index in [0.717, 1.165) is 6.54 Å². The van der Waals surface area contributed by atoms with Crippen molar-refractivity contribution in [1.82, 2.24) is 0 Å². The van der Waals surface area contributed by atoms with Crippen LogP contribution in [0.5, 0.6) is 0 Å². The molecule has 0 radical (unpaired) electrons. The summed E-state index contributed by atoms with van der Waals surface area (Å²) in [5, 5.41) is 7.12. The number of azo groups is 1. The quantitative estimate of drug-likeness (QED) is 0.402. The molecule has 0 saturated heterocycles. The Morgan fingerprint density at radius 1 is 1.50 bits per heavy atom. The van der Waals surface area contributed by atoms with Crippen molar-refractivity contribution >= 4 is 0 Å². The molecule has 0 aliphatic carbocycles. The van der Waals surface area contributed by atoms with Gasteiger partial charge in [0.2, 0.25) is 0 Å². The summed E-state index contributed by atoms with van der Waals surface area (Å²) in [4.78, 5) is 0. The maximum Gasteiger partial charge on any atom is 0.0802 e. The Hall–Kier alpha value is -0.700. The zero-order valence-corrected chi connectivity index (χ0v) is 3.26. The van der Waals surface area contributed by atoms with Crippen molar-refractivity contribution < 1.29 is 5.48 Å². The maximum atomic E-state index is 3.60. The van der Waals surface area contributed by atoms with Crippen LogP contribution in [-0.4, -0.2) is 12.0 Å². The van der Waals surface area contributed by atoms with E-state index in [0.29, 0.717) is 0 Å². The molecule has 1 aliphatic heterocycles. The first-order valence-corrected chi connectivity index (χ1v) is 1.52.